The number of allylic oxidation sites excluding steroid dienone is 1. The van der Waals surface area contributed by atoms with E-state index in [-0.39, 0.29) is 5.41 Å². The summed E-state index contributed by atoms with van der Waals surface area (Å²) >= 11 is 0. The molecule has 0 saturated heterocycles. The summed E-state index contributed by atoms with van der Waals surface area (Å²) in [4.78, 5) is 0. The van der Waals surface area contributed by atoms with Crippen molar-refractivity contribution in [3.05, 3.63) is 42.0 Å². The third-order valence-electron chi connectivity index (χ3n) is 3.25. The highest BCUT2D eigenvalue weighted by atomic mass is 14.5. The lowest BCUT2D eigenvalue weighted by atomic mass is 9.63. The Hall–Kier alpha value is -1.24. The van der Waals surface area contributed by atoms with Crippen molar-refractivity contribution in [1.82, 2.24) is 0 Å². The average Bonchev–Trinajstić information content (AvgIpc) is 2.15. The molecule has 0 radical (unpaired) electrons. The number of nitrogens with two attached hydrogens (primary N) is 1. The van der Waals surface area contributed by atoms with Crippen molar-refractivity contribution in [3.8, 4) is 0 Å². The summed E-state index contributed by atoms with van der Waals surface area (Å²) in [5, 5.41) is 0. The van der Waals surface area contributed by atoms with Crippen LogP contribution < -0.4 is 5.73 Å². The maximum Gasteiger partial charge on any atom is 0.0314 e. The summed E-state index contributed by atoms with van der Waals surface area (Å²) < 4.78 is 0. The minimum atomic E-state index is 0.216. The van der Waals surface area contributed by atoms with Crippen molar-refractivity contribution in [2.24, 2.45) is 0 Å². The molecule has 1 aliphatic carbocycles. The van der Waals surface area contributed by atoms with Crippen LogP contribution in [0.15, 0.2) is 36.4 Å². The Kier molecular flexibility index (Phi) is 1.69. The number of hydrogen-bond donors (Lipinski definition) is 1. The number of rotatable bonds is 1. The van der Waals surface area contributed by atoms with Gasteiger partial charge in [0.15, 0.2) is 0 Å². The first kappa shape index (κ1) is 8.36. The maximum atomic E-state index is 5.64. The first-order chi connectivity index (χ1) is 6.13. The molecule has 1 aromatic rings. The van der Waals surface area contributed by atoms with Crippen molar-refractivity contribution in [3.63, 3.8) is 0 Å². The summed E-state index contributed by atoms with van der Waals surface area (Å²) in [6, 6.07) is 8.15. The highest BCUT2D eigenvalue weighted by Gasteiger charge is 2.37. The van der Waals surface area contributed by atoms with Crippen molar-refractivity contribution < 1.29 is 0 Å². The van der Waals surface area contributed by atoms with E-state index < -0.39 is 0 Å². The highest BCUT2D eigenvalue weighted by Crippen LogP contribution is 2.46. The van der Waals surface area contributed by atoms with Crippen LogP contribution in [0.4, 0.5) is 5.69 Å². The normalized spacial score (nSPS) is 27.0. The zero-order valence-corrected chi connectivity index (χ0v) is 8.01. The Morgan fingerprint density at radius 2 is 1.92 bits per heavy atom. The monoisotopic (exact) mass is 173 g/mol. The zero-order valence-electron chi connectivity index (χ0n) is 8.01. The quantitative estimate of drug-likeness (QED) is 0.513. The summed E-state index contributed by atoms with van der Waals surface area (Å²) in [5.74, 6) is 0. The predicted molar refractivity (Wildman–Crippen MR) is 56.6 cm³/mol. The molecule has 2 N–H and O–H groups in total. The number of anilines is 1. The molecule has 1 atom stereocenters. The van der Waals surface area contributed by atoms with Gasteiger partial charge in [-0.25, -0.2) is 0 Å². The molecule has 13 heavy (non-hydrogen) atoms. The molecular weight excluding hydrogens is 158 g/mol. The molecular formula is C12H15N. The SMILES string of the molecule is C=C1CC[C@@]1(C)c1ccc(N)cc1. The van der Waals surface area contributed by atoms with Crippen LogP contribution in [-0.2, 0) is 5.41 Å². The van der Waals surface area contributed by atoms with Gasteiger partial charge in [0.2, 0.25) is 0 Å². The second-order valence-electron chi connectivity index (χ2n) is 4.06. The Balaban J connectivity index is 2.35. The minimum absolute atomic E-state index is 0.216. The molecule has 0 amide bonds. The molecule has 68 valence electrons. The van der Waals surface area contributed by atoms with Crippen LogP contribution in [-0.4, -0.2) is 0 Å². The fourth-order valence-electron chi connectivity index (χ4n) is 1.88. The van der Waals surface area contributed by atoms with Gasteiger partial charge in [-0.15, -0.1) is 0 Å². The van der Waals surface area contributed by atoms with Crippen LogP contribution >= 0.6 is 0 Å². The van der Waals surface area contributed by atoms with E-state index in [1.165, 1.54) is 24.0 Å². The largest absolute Gasteiger partial charge is 0.399 e. The van der Waals surface area contributed by atoms with Crippen LogP contribution in [0, 0.1) is 0 Å². The molecule has 0 bridgehead atoms. The lowest BCUT2D eigenvalue weighted by Gasteiger charge is -2.41. The molecule has 2 rings (SSSR count). The lowest BCUT2D eigenvalue weighted by molar-refractivity contribution is 0.397. The van der Waals surface area contributed by atoms with E-state index in [2.05, 4.69) is 25.6 Å². The summed E-state index contributed by atoms with van der Waals surface area (Å²) in [6.45, 7) is 6.34. The molecule has 1 heteroatoms. The highest BCUT2D eigenvalue weighted by molar-refractivity contribution is 5.46. The van der Waals surface area contributed by atoms with E-state index in [0.29, 0.717) is 0 Å². The van der Waals surface area contributed by atoms with Gasteiger partial charge < -0.3 is 5.73 Å². The minimum Gasteiger partial charge on any atom is -0.399 e. The topological polar surface area (TPSA) is 26.0 Å². The summed E-state index contributed by atoms with van der Waals surface area (Å²) in [6.07, 6.45) is 2.39. The van der Waals surface area contributed by atoms with E-state index in [1.807, 2.05) is 12.1 Å². The second-order valence-corrected chi connectivity index (χ2v) is 4.06. The number of benzene rings is 1. The van der Waals surface area contributed by atoms with Crippen LogP contribution in [0.5, 0.6) is 0 Å². The average molecular weight is 173 g/mol. The molecule has 1 saturated carbocycles. The molecule has 0 spiro atoms. The van der Waals surface area contributed by atoms with Crippen molar-refractivity contribution in [2.75, 3.05) is 5.73 Å². The fraction of sp³-hybridized carbons (Fsp3) is 0.333. The van der Waals surface area contributed by atoms with Gasteiger partial charge in [0.05, 0.1) is 0 Å². The Bertz CT molecular complexity index is 337. The van der Waals surface area contributed by atoms with E-state index >= 15 is 0 Å². The maximum absolute atomic E-state index is 5.64. The van der Waals surface area contributed by atoms with Crippen LogP contribution in [0.3, 0.4) is 0 Å². The molecule has 1 fully saturated rings. The first-order valence-corrected chi connectivity index (χ1v) is 4.67. The van der Waals surface area contributed by atoms with Gasteiger partial charge in [-0.1, -0.05) is 31.2 Å². The fourth-order valence-corrected chi connectivity index (χ4v) is 1.88. The van der Waals surface area contributed by atoms with E-state index in [1.54, 1.807) is 0 Å². The van der Waals surface area contributed by atoms with E-state index in [9.17, 15) is 0 Å². The van der Waals surface area contributed by atoms with Gasteiger partial charge in [-0.3, -0.25) is 0 Å². The third kappa shape index (κ3) is 1.15. The van der Waals surface area contributed by atoms with Gasteiger partial charge in [-0.05, 0) is 30.5 Å². The molecule has 0 unspecified atom stereocenters. The molecule has 0 aromatic heterocycles. The van der Waals surface area contributed by atoms with Gasteiger partial charge in [0, 0.05) is 11.1 Å². The van der Waals surface area contributed by atoms with Crippen LogP contribution in [0.2, 0.25) is 0 Å². The predicted octanol–water partition coefficient (Wildman–Crippen LogP) is 2.88. The van der Waals surface area contributed by atoms with Crippen molar-refractivity contribution in [2.45, 2.75) is 25.2 Å². The van der Waals surface area contributed by atoms with Crippen molar-refractivity contribution in [1.29, 1.82) is 0 Å². The Labute approximate surface area is 79.3 Å². The van der Waals surface area contributed by atoms with Gasteiger partial charge in [0.25, 0.3) is 0 Å². The van der Waals surface area contributed by atoms with Gasteiger partial charge in [0.1, 0.15) is 0 Å². The van der Waals surface area contributed by atoms with E-state index in [4.69, 9.17) is 5.73 Å². The van der Waals surface area contributed by atoms with E-state index in [0.717, 1.165) is 5.69 Å². The number of nitrogen functional groups attached to an aromatic ring is 1. The standard InChI is InChI=1S/C12H15N/c1-9-7-8-12(9,2)10-3-5-11(13)6-4-10/h3-6H,1,7-8,13H2,2H3/t12-/m1/s1. The molecule has 1 aromatic carbocycles. The lowest BCUT2D eigenvalue weighted by Crippen LogP contribution is -2.33. The summed E-state index contributed by atoms with van der Waals surface area (Å²) in [7, 11) is 0. The van der Waals surface area contributed by atoms with Crippen LogP contribution in [0.1, 0.15) is 25.3 Å². The van der Waals surface area contributed by atoms with Crippen LogP contribution in [0.25, 0.3) is 0 Å². The van der Waals surface area contributed by atoms with Crippen molar-refractivity contribution >= 4 is 5.69 Å². The second kappa shape index (κ2) is 2.63. The smallest absolute Gasteiger partial charge is 0.0314 e. The first-order valence-electron chi connectivity index (χ1n) is 4.67. The van der Waals surface area contributed by atoms with Gasteiger partial charge in [-0.2, -0.15) is 0 Å². The molecule has 0 heterocycles. The molecule has 0 aliphatic heterocycles. The third-order valence-corrected chi connectivity index (χ3v) is 3.25. The summed E-state index contributed by atoms with van der Waals surface area (Å²) in [5.41, 5.74) is 9.38. The Morgan fingerprint density at radius 3 is 2.31 bits per heavy atom. The molecule has 1 aliphatic rings. The molecule has 1 nitrogen and oxygen atoms in total. The Morgan fingerprint density at radius 1 is 1.31 bits per heavy atom. The zero-order chi connectivity index (χ0) is 9.47. The number of hydrogen-bond acceptors (Lipinski definition) is 1. The van der Waals surface area contributed by atoms with Gasteiger partial charge >= 0.3 is 0 Å².